The molecule has 2 heterocycles. The lowest BCUT2D eigenvalue weighted by molar-refractivity contribution is -0.139. The highest BCUT2D eigenvalue weighted by atomic mass is 16.5. The molecule has 0 unspecified atom stereocenters. The molecule has 4 heteroatoms. The van der Waals surface area contributed by atoms with Crippen LogP contribution in [0, 0.1) is 24.7 Å². The Morgan fingerprint density at radius 3 is 2.69 bits per heavy atom. The van der Waals surface area contributed by atoms with Crippen LogP contribution in [-0.4, -0.2) is 55.1 Å². The Balaban J connectivity index is 1.54. The molecule has 0 N–H and O–H groups in total. The number of rotatable bonds is 6. The lowest BCUT2D eigenvalue weighted by Crippen LogP contribution is -2.41. The van der Waals surface area contributed by atoms with Gasteiger partial charge in [0.2, 0.25) is 5.91 Å². The zero-order chi connectivity index (χ0) is 18.1. The molecule has 4 rings (SSSR count). The van der Waals surface area contributed by atoms with Gasteiger partial charge >= 0.3 is 0 Å². The van der Waals surface area contributed by atoms with Crippen molar-refractivity contribution < 1.29 is 9.53 Å². The van der Waals surface area contributed by atoms with E-state index in [1.54, 1.807) is 0 Å². The summed E-state index contributed by atoms with van der Waals surface area (Å²) in [6.07, 6.45) is 3.40. The summed E-state index contributed by atoms with van der Waals surface area (Å²) in [7, 11) is 0. The smallest absolute Gasteiger partial charge is 0.226 e. The van der Waals surface area contributed by atoms with Crippen molar-refractivity contribution in [2.45, 2.75) is 39.2 Å². The molecule has 4 nitrogen and oxygen atoms in total. The van der Waals surface area contributed by atoms with Crippen LogP contribution >= 0.6 is 0 Å². The molecule has 0 spiro atoms. The van der Waals surface area contributed by atoms with Crippen molar-refractivity contribution >= 4 is 5.91 Å². The van der Waals surface area contributed by atoms with Gasteiger partial charge in [0.25, 0.3) is 0 Å². The van der Waals surface area contributed by atoms with Crippen LogP contribution in [0.1, 0.15) is 43.4 Å². The zero-order valence-electron chi connectivity index (χ0n) is 16.2. The highest BCUT2D eigenvalue weighted by Gasteiger charge is 2.50. The predicted molar refractivity (Wildman–Crippen MR) is 103 cm³/mol. The highest BCUT2D eigenvalue weighted by Crippen LogP contribution is 2.47. The number of benzene rings is 1. The predicted octanol–water partition coefficient (Wildman–Crippen LogP) is 3.26. The number of carbonyl (C=O) groups is 1. The number of amides is 1. The van der Waals surface area contributed by atoms with Crippen molar-refractivity contribution in [2.24, 2.45) is 17.8 Å². The van der Waals surface area contributed by atoms with Gasteiger partial charge in [0.1, 0.15) is 0 Å². The minimum Gasteiger partial charge on any atom is -0.380 e. The quantitative estimate of drug-likeness (QED) is 0.734. The van der Waals surface area contributed by atoms with Crippen molar-refractivity contribution in [1.82, 2.24) is 9.80 Å². The Hall–Kier alpha value is -1.39. The fourth-order valence-electron chi connectivity index (χ4n) is 5.09. The third-order valence-electron chi connectivity index (χ3n) is 6.74. The zero-order valence-corrected chi connectivity index (χ0v) is 16.2. The van der Waals surface area contributed by atoms with Gasteiger partial charge in [-0.2, -0.15) is 0 Å². The average Bonchev–Trinajstić information content (AvgIpc) is 3.11. The van der Waals surface area contributed by atoms with Gasteiger partial charge in [0.05, 0.1) is 12.6 Å². The number of fused-ring (bicyclic) bond motifs is 1. The van der Waals surface area contributed by atoms with Crippen molar-refractivity contribution in [3.05, 3.63) is 35.4 Å². The Morgan fingerprint density at radius 2 is 2.00 bits per heavy atom. The van der Waals surface area contributed by atoms with Gasteiger partial charge in [-0.25, -0.2) is 0 Å². The van der Waals surface area contributed by atoms with E-state index in [4.69, 9.17) is 4.74 Å². The molecular weight excluding hydrogens is 324 g/mol. The van der Waals surface area contributed by atoms with E-state index in [2.05, 4.69) is 47.9 Å². The topological polar surface area (TPSA) is 32.8 Å². The van der Waals surface area contributed by atoms with Crippen molar-refractivity contribution in [1.29, 1.82) is 0 Å². The molecule has 1 aromatic rings. The van der Waals surface area contributed by atoms with Gasteiger partial charge in [0, 0.05) is 44.6 Å². The summed E-state index contributed by atoms with van der Waals surface area (Å²) in [5.74, 6) is 1.86. The number of hydrogen-bond acceptors (Lipinski definition) is 3. The second-order valence-electron chi connectivity index (χ2n) is 8.30. The molecule has 1 saturated carbocycles. The Morgan fingerprint density at radius 1 is 1.19 bits per heavy atom. The van der Waals surface area contributed by atoms with Gasteiger partial charge in [-0.1, -0.05) is 30.7 Å². The van der Waals surface area contributed by atoms with E-state index in [0.29, 0.717) is 17.7 Å². The van der Waals surface area contributed by atoms with E-state index in [1.807, 2.05) is 0 Å². The molecule has 142 valence electrons. The molecule has 1 aromatic carbocycles. The van der Waals surface area contributed by atoms with E-state index in [-0.39, 0.29) is 12.0 Å². The van der Waals surface area contributed by atoms with Crippen molar-refractivity contribution in [3.63, 3.8) is 0 Å². The van der Waals surface area contributed by atoms with E-state index >= 15 is 0 Å². The summed E-state index contributed by atoms with van der Waals surface area (Å²) in [6, 6.07) is 8.92. The van der Waals surface area contributed by atoms with Crippen LogP contribution in [0.4, 0.5) is 0 Å². The molecule has 3 aliphatic rings. The first kappa shape index (κ1) is 18.0. The standard InChI is InChI=1S/C22H32N2O2/c1-3-26-12-11-23-13-18-14-24(22(25)17-8-6-9-17)21(20(18)15-23)19-10-5-4-7-16(19)2/h4-5,7,10,17-18,20-21H,3,6,8-9,11-15H2,1-2H3/t18-,20-,21+/m0/s1. The number of ether oxygens (including phenoxy) is 1. The summed E-state index contributed by atoms with van der Waals surface area (Å²) < 4.78 is 5.55. The third-order valence-corrected chi connectivity index (χ3v) is 6.74. The van der Waals surface area contributed by atoms with E-state index < -0.39 is 0 Å². The fourth-order valence-corrected chi connectivity index (χ4v) is 5.09. The van der Waals surface area contributed by atoms with Gasteiger partial charge in [-0.3, -0.25) is 4.79 Å². The molecule has 0 aromatic heterocycles. The van der Waals surface area contributed by atoms with Crippen molar-refractivity contribution in [2.75, 3.05) is 39.4 Å². The molecular formula is C22H32N2O2. The number of hydrogen-bond donors (Lipinski definition) is 0. The van der Waals surface area contributed by atoms with Crippen LogP contribution in [0.2, 0.25) is 0 Å². The largest absolute Gasteiger partial charge is 0.380 e. The molecule has 1 amide bonds. The first-order valence-corrected chi connectivity index (χ1v) is 10.3. The van der Waals surface area contributed by atoms with E-state index in [9.17, 15) is 4.79 Å². The number of aryl methyl sites for hydroxylation is 1. The summed E-state index contributed by atoms with van der Waals surface area (Å²) in [5, 5.41) is 0. The lowest BCUT2D eigenvalue weighted by atomic mass is 9.83. The Kier molecular flexibility index (Phi) is 5.32. The van der Waals surface area contributed by atoms with Crippen LogP contribution in [0.5, 0.6) is 0 Å². The molecule has 2 saturated heterocycles. The second-order valence-corrected chi connectivity index (χ2v) is 8.30. The summed E-state index contributed by atoms with van der Waals surface area (Å²) in [4.78, 5) is 17.9. The normalized spacial score (nSPS) is 29.0. The summed E-state index contributed by atoms with van der Waals surface area (Å²) >= 11 is 0. The third kappa shape index (κ3) is 3.29. The number of carbonyl (C=O) groups excluding carboxylic acids is 1. The Labute approximate surface area is 157 Å². The molecule has 0 radical (unpaired) electrons. The maximum Gasteiger partial charge on any atom is 0.226 e. The highest BCUT2D eigenvalue weighted by molar-refractivity contribution is 5.80. The van der Waals surface area contributed by atoms with E-state index in [1.165, 1.54) is 17.5 Å². The molecule has 3 atom stereocenters. The van der Waals surface area contributed by atoms with Gasteiger partial charge < -0.3 is 14.5 Å². The van der Waals surface area contributed by atoms with Crippen LogP contribution < -0.4 is 0 Å². The van der Waals surface area contributed by atoms with E-state index in [0.717, 1.165) is 52.2 Å². The second kappa shape index (κ2) is 7.69. The maximum absolute atomic E-state index is 13.1. The maximum atomic E-state index is 13.1. The number of nitrogens with zero attached hydrogens (tertiary/aromatic N) is 2. The lowest BCUT2D eigenvalue weighted by Gasteiger charge is -2.35. The minimum atomic E-state index is 0.256. The van der Waals surface area contributed by atoms with Gasteiger partial charge in [0.15, 0.2) is 0 Å². The summed E-state index contributed by atoms with van der Waals surface area (Å²) in [6.45, 7) is 9.99. The van der Waals surface area contributed by atoms with Crippen LogP contribution in [-0.2, 0) is 9.53 Å². The first-order chi connectivity index (χ1) is 12.7. The minimum absolute atomic E-state index is 0.256. The molecule has 0 bridgehead atoms. The first-order valence-electron chi connectivity index (χ1n) is 10.3. The van der Waals surface area contributed by atoms with Crippen LogP contribution in [0.15, 0.2) is 24.3 Å². The van der Waals surface area contributed by atoms with Gasteiger partial charge in [-0.15, -0.1) is 0 Å². The number of likely N-dealkylation sites (tertiary alicyclic amines) is 2. The molecule has 26 heavy (non-hydrogen) atoms. The Bertz CT molecular complexity index is 643. The van der Waals surface area contributed by atoms with Gasteiger partial charge in [-0.05, 0) is 43.7 Å². The SMILES string of the molecule is CCOCCN1C[C@H]2CN(C(=O)C3CCC3)[C@H](c3ccccc3C)[C@H]2C1. The molecule has 1 aliphatic carbocycles. The van der Waals surface area contributed by atoms with Crippen molar-refractivity contribution in [3.8, 4) is 0 Å². The van der Waals surface area contributed by atoms with Crippen LogP contribution in [0.3, 0.4) is 0 Å². The summed E-state index contributed by atoms with van der Waals surface area (Å²) in [5.41, 5.74) is 2.68. The molecule has 2 aliphatic heterocycles. The fraction of sp³-hybridized carbons (Fsp3) is 0.682. The van der Waals surface area contributed by atoms with Crippen LogP contribution in [0.25, 0.3) is 0 Å². The monoisotopic (exact) mass is 356 g/mol. The molecule has 3 fully saturated rings. The average molecular weight is 357 g/mol.